The van der Waals surface area contributed by atoms with E-state index in [-0.39, 0.29) is 5.91 Å². The van der Waals surface area contributed by atoms with E-state index >= 15 is 0 Å². The fraction of sp³-hybridized carbons (Fsp3) is 0.692. The molecule has 3 rings (SSSR count). The van der Waals surface area contributed by atoms with Crippen molar-refractivity contribution >= 4 is 28.3 Å². The standard InChI is InChI=1S/C13H20N4OS/c1-13(2)5-7(13)6-15-12-9(10(14)17-19-12)11(18)16-8-3-4-8/h7-8,15H,3-6H2,1-2H3,(H2,14,17)(H,16,18). The zero-order valence-electron chi connectivity index (χ0n) is 11.3. The molecule has 0 spiro atoms. The highest BCUT2D eigenvalue weighted by Gasteiger charge is 2.45. The van der Waals surface area contributed by atoms with Crippen molar-refractivity contribution in [1.82, 2.24) is 9.69 Å². The molecule has 1 aromatic heterocycles. The number of rotatable bonds is 5. The number of nitrogens with zero attached hydrogens (tertiary/aromatic N) is 1. The molecule has 2 fully saturated rings. The molecule has 5 nitrogen and oxygen atoms in total. The largest absolute Gasteiger partial charge is 0.382 e. The molecule has 2 aliphatic rings. The molecule has 0 aliphatic heterocycles. The van der Waals surface area contributed by atoms with Crippen LogP contribution in [0.5, 0.6) is 0 Å². The Morgan fingerprint density at radius 3 is 2.79 bits per heavy atom. The number of amides is 1. The van der Waals surface area contributed by atoms with Crippen molar-refractivity contribution in [1.29, 1.82) is 0 Å². The average molecular weight is 280 g/mol. The van der Waals surface area contributed by atoms with Crippen LogP contribution in [0.25, 0.3) is 0 Å². The van der Waals surface area contributed by atoms with Gasteiger partial charge in [0.1, 0.15) is 10.6 Å². The van der Waals surface area contributed by atoms with Gasteiger partial charge in [0.25, 0.3) is 5.91 Å². The van der Waals surface area contributed by atoms with Crippen LogP contribution in [0.15, 0.2) is 0 Å². The molecule has 0 saturated heterocycles. The lowest BCUT2D eigenvalue weighted by Gasteiger charge is -2.08. The minimum atomic E-state index is -0.0914. The lowest BCUT2D eigenvalue weighted by molar-refractivity contribution is 0.0953. The van der Waals surface area contributed by atoms with Crippen LogP contribution in [0, 0.1) is 11.3 Å². The van der Waals surface area contributed by atoms with E-state index in [2.05, 4.69) is 28.9 Å². The summed E-state index contributed by atoms with van der Waals surface area (Å²) < 4.78 is 4.10. The molecule has 1 atom stereocenters. The fourth-order valence-electron chi connectivity index (χ4n) is 2.27. The van der Waals surface area contributed by atoms with E-state index in [4.69, 9.17) is 5.73 Å². The number of hydrogen-bond donors (Lipinski definition) is 3. The number of nitrogens with two attached hydrogens (primary N) is 1. The summed E-state index contributed by atoms with van der Waals surface area (Å²) in [7, 11) is 0. The molecule has 104 valence electrons. The van der Waals surface area contributed by atoms with E-state index in [0.29, 0.717) is 28.8 Å². The lowest BCUT2D eigenvalue weighted by atomic mass is 10.1. The third-order valence-electron chi connectivity index (χ3n) is 4.08. The van der Waals surface area contributed by atoms with Crippen LogP contribution in [0.2, 0.25) is 0 Å². The molecule has 19 heavy (non-hydrogen) atoms. The minimum Gasteiger partial charge on any atom is -0.382 e. The van der Waals surface area contributed by atoms with Gasteiger partial charge in [-0.05, 0) is 42.1 Å². The van der Waals surface area contributed by atoms with Crippen LogP contribution in [-0.4, -0.2) is 22.9 Å². The SMILES string of the molecule is CC1(C)CC1CNc1snc(N)c1C(=O)NC1CC1. The van der Waals surface area contributed by atoms with E-state index in [1.807, 2.05) is 0 Å². The van der Waals surface area contributed by atoms with Gasteiger partial charge in [0.05, 0.1) is 0 Å². The van der Waals surface area contributed by atoms with Crippen LogP contribution in [0.1, 0.15) is 43.5 Å². The Balaban J connectivity index is 1.65. The molecular formula is C13H20N4OS. The Hall–Kier alpha value is -1.30. The highest BCUT2D eigenvalue weighted by Crippen LogP contribution is 2.51. The van der Waals surface area contributed by atoms with Gasteiger partial charge in [-0.2, -0.15) is 4.37 Å². The van der Waals surface area contributed by atoms with Crippen LogP contribution in [0.4, 0.5) is 10.8 Å². The van der Waals surface area contributed by atoms with Gasteiger partial charge in [0.2, 0.25) is 0 Å². The molecule has 2 aliphatic carbocycles. The summed E-state index contributed by atoms with van der Waals surface area (Å²) in [6.45, 7) is 5.42. The molecular weight excluding hydrogens is 260 g/mol. The highest BCUT2D eigenvalue weighted by molar-refractivity contribution is 7.11. The molecule has 6 heteroatoms. The maximum atomic E-state index is 12.1. The Labute approximate surface area is 117 Å². The molecule has 1 unspecified atom stereocenters. The summed E-state index contributed by atoms with van der Waals surface area (Å²) in [6, 6.07) is 0.335. The first kappa shape index (κ1) is 12.7. The van der Waals surface area contributed by atoms with Crippen molar-refractivity contribution in [2.45, 2.75) is 39.2 Å². The Morgan fingerprint density at radius 1 is 1.53 bits per heavy atom. The molecule has 1 aromatic rings. The molecule has 0 bridgehead atoms. The van der Waals surface area contributed by atoms with Gasteiger partial charge >= 0.3 is 0 Å². The third-order valence-corrected chi connectivity index (χ3v) is 4.90. The van der Waals surface area contributed by atoms with Crippen molar-refractivity contribution in [2.75, 3.05) is 17.6 Å². The molecule has 2 saturated carbocycles. The summed E-state index contributed by atoms with van der Waals surface area (Å²) >= 11 is 1.27. The van der Waals surface area contributed by atoms with Gasteiger partial charge in [-0.15, -0.1) is 0 Å². The highest BCUT2D eigenvalue weighted by atomic mass is 32.1. The van der Waals surface area contributed by atoms with E-state index < -0.39 is 0 Å². The first-order valence-corrected chi connectivity index (χ1v) is 7.54. The number of carbonyl (C=O) groups is 1. The summed E-state index contributed by atoms with van der Waals surface area (Å²) in [5.74, 6) is 0.919. The van der Waals surface area contributed by atoms with E-state index in [0.717, 1.165) is 24.4 Å². The topological polar surface area (TPSA) is 80.0 Å². The fourth-order valence-corrected chi connectivity index (χ4v) is 2.99. The Morgan fingerprint density at radius 2 is 2.21 bits per heavy atom. The van der Waals surface area contributed by atoms with Crippen LogP contribution >= 0.6 is 11.5 Å². The minimum absolute atomic E-state index is 0.0914. The number of aromatic nitrogens is 1. The smallest absolute Gasteiger partial charge is 0.258 e. The van der Waals surface area contributed by atoms with Crippen LogP contribution in [0.3, 0.4) is 0 Å². The second-order valence-corrected chi connectivity index (χ2v) is 7.06. The van der Waals surface area contributed by atoms with Crippen molar-refractivity contribution in [3.63, 3.8) is 0 Å². The van der Waals surface area contributed by atoms with E-state index in [1.54, 1.807) is 0 Å². The van der Waals surface area contributed by atoms with Crippen LogP contribution < -0.4 is 16.4 Å². The van der Waals surface area contributed by atoms with E-state index in [1.165, 1.54) is 18.0 Å². The Kier molecular flexibility index (Phi) is 2.92. The zero-order valence-corrected chi connectivity index (χ0v) is 12.1. The first-order chi connectivity index (χ1) is 8.97. The third kappa shape index (κ3) is 2.68. The zero-order chi connectivity index (χ0) is 13.6. The van der Waals surface area contributed by atoms with Gasteiger partial charge in [-0.3, -0.25) is 4.79 Å². The van der Waals surface area contributed by atoms with Crippen molar-refractivity contribution in [3.8, 4) is 0 Å². The van der Waals surface area contributed by atoms with Crippen molar-refractivity contribution in [2.24, 2.45) is 11.3 Å². The van der Waals surface area contributed by atoms with Gasteiger partial charge < -0.3 is 16.4 Å². The maximum absolute atomic E-state index is 12.1. The maximum Gasteiger partial charge on any atom is 0.258 e. The predicted octanol–water partition coefficient (Wildman–Crippen LogP) is 2.08. The molecule has 0 aromatic carbocycles. The number of nitrogens with one attached hydrogen (secondary N) is 2. The van der Waals surface area contributed by atoms with E-state index in [9.17, 15) is 4.79 Å². The predicted molar refractivity (Wildman–Crippen MR) is 77.4 cm³/mol. The normalized spacial score (nSPS) is 24.0. The number of carbonyl (C=O) groups excluding carboxylic acids is 1. The van der Waals surface area contributed by atoms with Crippen LogP contribution in [-0.2, 0) is 0 Å². The van der Waals surface area contributed by atoms with Crippen molar-refractivity contribution in [3.05, 3.63) is 5.56 Å². The molecule has 4 N–H and O–H groups in total. The molecule has 1 amide bonds. The van der Waals surface area contributed by atoms with Gasteiger partial charge in [0.15, 0.2) is 5.82 Å². The summed E-state index contributed by atoms with van der Waals surface area (Å²) in [4.78, 5) is 12.1. The monoisotopic (exact) mass is 280 g/mol. The number of nitrogen functional groups attached to an aromatic ring is 1. The second kappa shape index (κ2) is 4.37. The summed E-state index contributed by atoms with van der Waals surface area (Å²) in [6.07, 6.45) is 3.38. The van der Waals surface area contributed by atoms with Gasteiger partial charge in [-0.1, -0.05) is 13.8 Å². The Bertz CT molecular complexity index is 507. The molecule has 0 radical (unpaired) electrons. The molecule has 1 heterocycles. The average Bonchev–Trinajstić information content (AvgIpc) is 3.20. The number of anilines is 2. The lowest BCUT2D eigenvalue weighted by Crippen LogP contribution is -2.26. The first-order valence-electron chi connectivity index (χ1n) is 6.77. The number of hydrogen-bond acceptors (Lipinski definition) is 5. The van der Waals surface area contributed by atoms with Crippen molar-refractivity contribution < 1.29 is 4.79 Å². The summed E-state index contributed by atoms with van der Waals surface area (Å²) in [5.41, 5.74) is 6.77. The van der Waals surface area contributed by atoms with Gasteiger partial charge in [0, 0.05) is 12.6 Å². The second-order valence-electron chi connectivity index (χ2n) is 6.29. The summed E-state index contributed by atoms with van der Waals surface area (Å²) in [5, 5.41) is 7.11. The quantitative estimate of drug-likeness (QED) is 0.771. The van der Waals surface area contributed by atoms with Gasteiger partial charge in [-0.25, -0.2) is 0 Å².